The van der Waals surface area contributed by atoms with Crippen molar-refractivity contribution in [2.24, 2.45) is 0 Å². The summed E-state index contributed by atoms with van der Waals surface area (Å²) in [6.45, 7) is 3.87. The van der Waals surface area contributed by atoms with Crippen LogP contribution in [-0.4, -0.2) is 31.4 Å². The first-order valence-electron chi connectivity index (χ1n) is 8.94. The molecular formula is C20H24BrClN2O3S. The summed E-state index contributed by atoms with van der Waals surface area (Å²) in [5.74, 6) is -0.369. The molecule has 0 aromatic heterocycles. The second kappa shape index (κ2) is 9.87. The van der Waals surface area contributed by atoms with Gasteiger partial charge in [-0.25, -0.2) is 8.42 Å². The third-order valence-electron chi connectivity index (χ3n) is 4.35. The minimum Gasteiger partial charge on any atom is -0.324 e. The second-order valence-electron chi connectivity index (χ2n) is 6.51. The lowest BCUT2D eigenvalue weighted by atomic mass is 10.0. The summed E-state index contributed by atoms with van der Waals surface area (Å²) in [6.07, 6.45) is 2.61. The molecule has 0 aliphatic carbocycles. The maximum absolute atomic E-state index is 12.7. The van der Waals surface area contributed by atoms with Crippen LogP contribution < -0.4 is 5.32 Å². The average molecular weight is 488 g/mol. The molecule has 5 nitrogen and oxygen atoms in total. The van der Waals surface area contributed by atoms with Crippen molar-refractivity contribution in [1.82, 2.24) is 4.31 Å². The van der Waals surface area contributed by atoms with Crippen molar-refractivity contribution in [3.8, 4) is 0 Å². The molecule has 0 saturated heterocycles. The fourth-order valence-corrected chi connectivity index (χ4v) is 4.28. The average Bonchev–Trinajstić information content (AvgIpc) is 2.63. The molecule has 0 aliphatic heterocycles. The molecule has 2 rings (SSSR count). The minimum atomic E-state index is -3.57. The standard InChI is InChI=1S/C20H24BrClN2O3S/c1-4-15-10-17(21)11-16(5-2)20(15)23-19(25)13-24(28(3,26)27)12-14-6-8-18(22)9-7-14/h6-11H,4-5,12-13H2,1-3H3,(H,23,25). The number of benzene rings is 2. The molecule has 152 valence electrons. The van der Waals surface area contributed by atoms with E-state index in [0.29, 0.717) is 5.02 Å². The van der Waals surface area contributed by atoms with Crippen molar-refractivity contribution < 1.29 is 13.2 Å². The SMILES string of the molecule is CCc1cc(Br)cc(CC)c1NC(=O)CN(Cc1ccc(Cl)cc1)S(C)(=O)=O. The largest absolute Gasteiger partial charge is 0.324 e. The molecule has 0 heterocycles. The monoisotopic (exact) mass is 486 g/mol. The van der Waals surface area contributed by atoms with Gasteiger partial charge < -0.3 is 5.32 Å². The van der Waals surface area contributed by atoms with Crippen LogP contribution >= 0.6 is 27.5 Å². The van der Waals surface area contributed by atoms with Gasteiger partial charge in [0.05, 0.1) is 12.8 Å². The van der Waals surface area contributed by atoms with Gasteiger partial charge >= 0.3 is 0 Å². The highest BCUT2D eigenvalue weighted by atomic mass is 79.9. The van der Waals surface area contributed by atoms with Gasteiger partial charge in [0, 0.05) is 21.7 Å². The van der Waals surface area contributed by atoms with Crippen molar-refractivity contribution in [2.45, 2.75) is 33.2 Å². The third kappa shape index (κ3) is 6.30. The Morgan fingerprint density at radius 2 is 1.64 bits per heavy atom. The normalized spacial score (nSPS) is 11.6. The molecule has 28 heavy (non-hydrogen) atoms. The molecule has 0 aliphatic rings. The van der Waals surface area contributed by atoms with Gasteiger partial charge in [0.25, 0.3) is 0 Å². The van der Waals surface area contributed by atoms with Gasteiger partial charge in [-0.05, 0) is 53.8 Å². The first kappa shape index (κ1) is 22.9. The van der Waals surface area contributed by atoms with Gasteiger partial charge in [0.2, 0.25) is 15.9 Å². The number of carbonyl (C=O) groups is 1. The highest BCUT2D eigenvalue weighted by Gasteiger charge is 2.22. The van der Waals surface area contributed by atoms with Gasteiger partial charge in [-0.1, -0.05) is 53.5 Å². The summed E-state index contributed by atoms with van der Waals surface area (Å²) in [5.41, 5.74) is 3.53. The molecule has 0 spiro atoms. The Morgan fingerprint density at radius 1 is 1.11 bits per heavy atom. The summed E-state index contributed by atoms with van der Waals surface area (Å²) in [7, 11) is -3.57. The number of carbonyl (C=O) groups excluding carboxylic acids is 1. The van der Waals surface area contributed by atoms with Crippen LogP contribution in [0.5, 0.6) is 0 Å². The zero-order valence-corrected chi connectivity index (χ0v) is 19.3. The first-order chi connectivity index (χ1) is 13.1. The lowest BCUT2D eigenvalue weighted by Crippen LogP contribution is -2.37. The maximum Gasteiger partial charge on any atom is 0.239 e. The molecule has 2 aromatic rings. The summed E-state index contributed by atoms with van der Waals surface area (Å²) < 4.78 is 26.5. The van der Waals surface area contributed by atoms with Crippen molar-refractivity contribution in [3.63, 3.8) is 0 Å². The fraction of sp³-hybridized carbons (Fsp3) is 0.350. The molecule has 0 radical (unpaired) electrons. The van der Waals surface area contributed by atoms with Gasteiger partial charge in [-0.3, -0.25) is 4.79 Å². The van der Waals surface area contributed by atoms with Gasteiger partial charge in [-0.2, -0.15) is 4.31 Å². The van der Waals surface area contributed by atoms with Crippen LogP contribution in [0.25, 0.3) is 0 Å². The molecule has 0 saturated carbocycles. The quantitative estimate of drug-likeness (QED) is 0.590. The van der Waals surface area contributed by atoms with Crippen LogP contribution in [0.3, 0.4) is 0 Å². The van der Waals surface area contributed by atoms with Gasteiger partial charge in [0.1, 0.15) is 0 Å². The Bertz CT molecular complexity index is 921. The molecule has 0 unspecified atom stereocenters. The molecular weight excluding hydrogens is 464 g/mol. The summed E-state index contributed by atoms with van der Waals surface area (Å²) >= 11 is 9.38. The summed E-state index contributed by atoms with van der Waals surface area (Å²) in [4.78, 5) is 12.7. The number of hydrogen-bond donors (Lipinski definition) is 1. The molecule has 0 atom stereocenters. The lowest BCUT2D eigenvalue weighted by molar-refractivity contribution is -0.116. The number of aryl methyl sites for hydroxylation is 2. The van der Waals surface area contributed by atoms with Crippen molar-refractivity contribution in [3.05, 3.63) is 62.6 Å². The van der Waals surface area contributed by atoms with Crippen molar-refractivity contribution >= 4 is 49.1 Å². The van der Waals surface area contributed by atoms with E-state index >= 15 is 0 Å². The maximum atomic E-state index is 12.7. The number of amides is 1. The second-order valence-corrected chi connectivity index (χ2v) is 9.85. The summed E-state index contributed by atoms with van der Waals surface area (Å²) in [5, 5.41) is 3.49. The highest BCUT2D eigenvalue weighted by molar-refractivity contribution is 9.10. The predicted octanol–water partition coefficient (Wildman–Crippen LogP) is 4.63. The van der Waals surface area contributed by atoms with Crippen molar-refractivity contribution in [2.75, 3.05) is 18.1 Å². The lowest BCUT2D eigenvalue weighted by Gasteiger charge is -2.21. The van der Waals surface area contributed by atoms with Crippen LogP contribution in [0.4, 0.5) is 5.69 Å². The Labute approximate surface area is 180 Å². The van der Waals surface area contributed by atoms with E-state index in [4.69, 9.17) is 11.6 Å². The number of hydrogen-bond acceptors (Lipinski definition) is 3. The topological polar surface area (TPSA) is 66.5 Å². The molecule has 0 bridgehead atoms. The number of halogens is 2. The number of anilines is 1. The number of nitrogens with one attached hydrogen (secondary N) is 1. The zero-order chi connectivity index (χ0) is 20.9. The van der Waals surface area contributed by atoms with E-state index in [1.165, 1.54) is 0 Å². The third-order valence-corrected chi connectivity index (χ3v) is 6.26. The fourth-order valence-electron chi connectivity index (χ4n) is 2.87. The number of nitrogens with zero attached hydrogens (tertiary/aromatic N) is 1. The van der Waals surface area contributed by atoms with Crippen LogP contribution in [0.2, 0.25) is 5.02 Å². The van der Waals surface area contributed by atoms with Crippen LogP contribution in [0, 0.1) is 0 Å². The van der Waals surface area contributed by atoms with Gasteiger partial charge in [-0.15, -0.1) is 0 Å². The smallest absolute Gasteiger partial charge is 0.239 e. The van der Waals surface area contributed by atoms with Crippen molar-refractivity contribution in [1.29, 1.82) is 0 Å². The number of rotatable bonds is 8. The molecule has 2 aromatic carbocycles. The molecule has 1 N–H and O–H groups in total. The van der Waals surface area contributed by atoms with Gasteiger partial charge in [0.15, 0.2) is 0 Å². The molecule has 0 fully saturated rings. The Balaban J connectivity index is 2.22. The van der Waals surface area contributed by atoms with E-state index in [1.807, 2.05) is 26.0 Å². The first-order valence-corrected chi connectivity index (χ1v) is 12.0. The summed E-state index contributed by atoms with van der Waals surface area (Å²) in [6, 6.07) is 10.8. The van der Waals surface area contributed by atoms with E-state index < -0.39 is 10.0 Å². The Hall–Kier alpha value is -1.41. The van der Waals surface area contributed by atoms with Crippen LogP contribution in [-0.2, 0) is 34.2 Å². The van der Waals surface area contributed by atoms with E-state index in [-0.39, 0.29) is 19.0 Å². The van der Waals surface area contributed by atoms with E-state index in [0.717, 1.165) is 50.3 Å². The molecule has 1 amide bonds. The highest BCUT2D eigenvalue weighted by Crippen LogP contribution is 2.27. The minimum absolute atomic E-state index is 0.102. The Kier molecular flexibility index (Phi) is 8.07. The molecule has 8 heteroatoms. The van der Waals surface area contributed by atoms with Crippen LogP contribution in [0.1, 0.15) is 30.5 Å². The zero-order valence-electron chi connectivity index (χ0n) is 16.1. The predicted molar refractivity (Wildman–Crippen MR) is 118 cm³/mol. The van der Waals surface area contributed by atoms with Crippen LogP contribution in [0.15, 0.2) is 40.9 Å². The van der Waals surface area contributed by atoms with E-state index in [2.05, 4.69) is 21.2 Å². The Morgan fingerprint density at radius 3 is 2.11 bits per heavy atom. The van der Waals surface area contributed by atoms with E-state index in [9.17, 15) is 13.2 Å². The number of sulfonamides is 1. The van der Waals surface area contributed by atoms with E-state index in [1.54, 1.807) is 24.3 Å².